The van der Waals surface area contributed by atoms with E-state index < -0.39 is 32.7 Å². The molecule has 3 rings (SSSR count). The van der Waals surface area contributed by atoms with Crippen molar-refractivity contribution in [2.45, 2.75) is 45.2 Å². The molecule has 1 aliphatic rings. The third-order valence-electron chi connectivity index (χ3n) is 5.27. The molecule has 0 radical (unpaired) electrons. The van der Waals surface area contributed by atoms with Crippen molar-refractivity contribution in [2.75, 3.05) is 20.3 Å². The van der Waals surface area contributed by atoms with Crippen LogP contribution in [0.1, 0.15) is 30.5 Å². The lowest BCUT2D eigenvalue weighted by Gasteiger charge is -2.39. The number of ether oxygens (including phenoxy) is 2. The number of rotatable bonds is 5. The van der Waals surface area contributed by atoms with Crippen molar-refractivity contribution >= 4 is 15.4 Å². The van der Waals surface area contributed by atoms with E-state index in [2.05, 4.69) is 0 Å². The van der Waals surface area contributed by atoms with Gasteiger partial charge in [0.2, 0.25) is 0 Å². The second-order valence-electron chi connectivity index (χ2n) is 9.87. The first kappa shape index (κ1) is 24.8. The summed E-state index contributed by atoms with van der Waals surface area (Å²) >= 11 is 0. The highest BCUT2D eigenvalue weighted by molar-refractivity contribution is 6.76. The number of methoxy groups -OCH3 is 1. The molecule has 0 bridgehead atoms. The van der Waals surface area contributed by atoms with E-state index in [4.69, 9.17) is 18.5 Å². The van der Waals surface area contributed by atoms with Crippen LogP contribution in [0.3, 0.4) is 0 Å². The molecule has 1 saturated heterocycles. The van der Waals surface area contributed by atoms with Crippen LogP contribution in [0.25, 0.3) is 0 Å². The van der Waals surface area contributed by atoms with E-state index in [1.807, 2.05) is 45.6 Å². The monoisotopic (exact) mass is 466 g/mol. The Hall–Kier alpha value is -1.81. The third-order valence-corrected chi connectivity index (χ3v) is 6.19. The molecule has 1 fully saturated rings. The van der Waals surface area contributed by atoms with Gasteiger partial charge in [-0.05, 0) is 55.0 Å². The number of alkyl halides is 3. The van der Waals surface area contributed by atoms with Crippen LogP contribution in [0.4, 0.5) is 13.2 Å². The molecule has 174 valence electrons. The smallest absolute Gasteiger partial charge is 0.490 e. The topological polar surface area (TPSA) is 36.9 Å². The summed E-state index contributed by atoms with van der Waals surface area (Å²) in [7, 11) is -1.39. The van der Waals surface area contributed by atoms with E-state index in [1.165, 1.54) is 12.1 Å². The minimum atomic E-state index is -4.43. The number of benzene rings is 2. The molecule has 0 aliphatic carbocycles. The summed E-state index contributed by atoms with van der Waals surface area (Å²) in [6.07, 6.45) is -4.43. The van der Waals surface area contributed by atoms with Crippen molar-refractivity contribution in [2.24, 2.45) is 5.41 Å². The molecule has 9 heteroatoms. The van der Waals surface area contributed by atoms with E-state index >= 15 is 0 Å². The van der Waals surface area contributed by atoms with E-state index in [0.29, 0.717) is 24.5 Å². The van der Waals surface area contributed by atoms with Crippen LogP contribution < -0.4 is 4.74 Å². The highest BCUT2D eigenvalue weighted by Crippen LogP contribution is 2.43. The van der Waals surface area contributed by atoms with Crippen LogP contribution in [0.15, 0.2) is 48.5 Å². The third kappa shape index (κ3) is 5.39. The first-order chi connectivity index (χ1) is 14.8. The molecule has 2 aromatic rings. The maximum absolute atomic E-state index is 13.2. The van der Waals surface area contributed by atoms with Gasteiger partial charge in [-0.1, -0.05) is 38.1 Å². The first-order valence-electron chi connectivity index (χ1n) is 10.5. The highest BCUT2D eigenvalue weighted by atomic mass is 28.4. The zero-order chi connectivity index (χ0) is 23.8. The predicted molar refractivity (Wildman–Crippen MR) is 121 cm³/mol. The molecule has 0 aromatic heterocycles. The summed E-state index contributed by atoms with van der Waals surface area (Å²) in [6, 6.07) is 12.3. The van der Waals surface area contributed by atoms with Gasteiger partial charge in [-0.2, -0.15) is 13.2 Å². The lowest BCUT2D eigenvalue weighted by Crippen LogP contribution is -2.53. The summed E-state index contributed by atoms with van der Waals surface area (Å²) < 4.78 is 64.4. The van der Waals surface area contributed by atoms with Gasteiger partial charge in [0.15, 0.2) is 13.8 Å². The fourth-order valence-electron chi connectivity index (χ4n) is 3.63. The molecule has 1 atom stereocenters. The van der Waals surface area contributed by atoms with Gasteiger partial charge in [0.1, 0.15) is 5.75 Å². The lowest BCUT2D eigenvalue weighted by atomic mass is 9.59. The van der Waals surface area contributed by atoms with Gasteiger partial charge in [0, 0.05) is 12.0 Å². The van der Waals surface area contributed by atoms with Gasteiger partial charge >= 0.3 is 13.3 Å². The van der Waals surface area contributed by atoms with Crippen molar-refractivity contribution in [3.05, 3.63) is 65.2 Å². The van der Waals surface area contributed by atoms with Gasteiger partial charge in [-0.25, -0.2) is 0 Å². The molecular formula is C23H30BF3O4Si. The largest absolute Gasteiger partial charge is 0.497 e. The number of halogens is 3. The minimum Gasteiger partial charge on any atom is -0.497 e. The molecule has 32 heavy (non-hydrogen) atoms. The summed E-state index contributed by atoms with van der Waals surface area (Å²) in [6.45, 7) is 10.9. The highest BCUT2D eigenvalue weighted by Gasteiger charge is 2.55. The Bertz CT molecular complexity index is 911. The molecule has 2 aromatic carbocycles. The van der Waals surface area contributed by atoms with Gasteiger partial charge in [-0.3, -0.25) is 0 Å². The maximum atomic E-state index is 13.2. The Kier molecular flexibility index (Phi) is 6.87. The molecule has 0 saturated carbocycles. The quantitative estimate of drug-likeness (QED) is 0.514. The van der Waals surface area contributed by atoms with Crippen LogP contribution in [0, 0.1) is 5.41 Å². The van der Waals surface area contributed by atoms with Crippen molar-refractivity contribution in [1.29, 1.82) is 0 Å². The van der Waals surface area contributed by atoms with Gasteiger partial charge < -0.3 is 18.5 Å². The van der Waals surface area contributed by atoms with Crippen LogP contribution >= 0.6 is 0 Å². The Balaban J connectivity index is 2.22. The molecule has 4 nitrogen and oxygen atoms in total. The van der Waals surface area contributed by atoms with Gasteiger partial charge in [0.05, 0.1) is 19.3 Å². The zero-order valence-electron chi connectivity index (χ0n) is 19.4. The predicted octanol–water partition coefficient (Wildman–Crippen LogP) is 5.91. The van der Waals surface area contributed by atoms with E-state index in [-0.39, 0.29) is 5.41 Å². The van der Waals surface area contributed by atoms with Gasteiger partial charge in [0.25, 0.3) is 0 Å². The fraction of sp³-hybridized carbons (Fsp3) is 0.478. The van der Waals surface area contributed by atoms with E-state index in [0.717, 1.165) is 17.7 Å². The Labute approximate surface area is 189 Å². The Morgan fingerprint density at radius 3 is 1.91 bits per heavy atom. The molecular weight excluding hydrogens is 436 g/mol. The Morgan fingerprint density at radius 2 is 1.44 bits per heavy atom. The number of hydrogen-bond donors (Lipinski definition) is 0. The molecule has 1 unspecified atom stereocenters. The first-order valence-corrected chi connectivity index (χ1v) is 13.9. The molecule has 1 aliphatic heterocycles. The van der Waals surface area contributed by atoms with Crippen LogP contribution in [-0.2, 0) is 25.4 Å². The summed E-state index contributed by atoms with van der Waals surface area (Å²) in [5.74, 6) is 0.661. The average molecular weight is 466 g/mol. The van der Waals surface area contributed by atoms with E-state index in [9.17, 15) is 13.2 Å². The summed E-state index contributed by atoms with van der Waals surface area (Å²) in [5, 5.41) is 0. The van der Waals surface area contributed by atoms with Crippen molar-refractivity contribution in [3.63, 3.8) is 0 Å². The molecule has 0 N–H and O–H groups in total. The standard InChI is InChI=1S/C23H30BF3O4Si/c1-21(2)15-29-22(18-11-13-20(28-3)14-12-18,24(30-16-21)31-32(4,5)6)17-7-9-19(10-8-17)23(25,26)27/h7-14H,15-16H2,1-6H3. The lowest BCUT2D eigenvalue weighted by molar-refractivity contribution is -0.137. The van der Waals surface area contributed by atoms with Crippen molar-refractivity contribution in [3.8, 4) is 5.75 Å². The molecule has 0 spiro atoms. The second kappa shape index (κ2) is 8.85. The average Bonchev–Trinajstić information content (AvgIpc) is 2.83. The van der Waals surface area contributed by atoms with Crippen LogP contribution in [0.2, 0.25) is 19.6 Å². The SMILES string of the molecule is COc1ccc(C2(c3ccc(C(F)(F)F)cc3)OCC(C)(C)COB2O[Si](C)(C)C)cc1. The van der Waals surface area contributed by atoms with Crippen LogP contribution in [0.5, 0.6) is 5.75 Å². The Morgan fingerprint density at radius 1 is 0.906 bits per heavy atom. The summed E-state index contributed by atoms with van der Waals surface area (Å²) in [4.78, 5) is 0. The normalized spacial score (nSPS) is 21.8. The fourth-order valence-corrected chi connectivity index (χ4v) is 4.50. The zero-order valence-corrected chi connectivity index (χ0v) is 20.4. The van der Waals surface area contributed by atoms with Gasteiger partial charge in [-0.15, -0.1) is 0 Å². The number of hydrogen-bond acceptors (Lipinski definition) is 4. The van der Waals surface area contributed by atoms with Crippen molar-refractivity contribution < 1.29 is 31.6 Å². The molecule has 0 amide bonds. The van der Waals surface area contributed by atoms with E-state index in [1.54, 1.807) is 19.2 Å². The van der Waals surface area contributed by atoms with Crippen LogP contribution in [-0.4, -0.2) is 35.8 Å². The summed E-state index contributed by atoms with van der Waals surface area (Å²) in [5.41, 5.74) is -1.01. The molecule has 1 heterocycles. The van der Waals surface area contributed by atoms with Crippen molar-refractivity contribution in [1.82, 2.24) is 0 Å². The second-order valence-corrected chi connectivity index (χ2v) is 14.3. The minimum absolute atomic E-state index is 0.304. The maximum Gasteiger partial charge on any atom is 0.490 e.